The number of nitrogens with zero attached hydrogens (tertiary/aromatic N) is 3. The zero-order chi connectivity index (χ0) is 25.1. The van der Waals surface area contributed by atoms with Gasteiger partial charge in [0.2, 0.25) is 0 Å². The summed E-state index contributed by atoms with van der Waals surface area (Å²) in [5.74, 6) is -2.73. The minimum absolute atomic E-state index is 0.00384. The van der Waals surface area contributed by atoms with Crippen LogP contribution in [0.5, 0.6) is 0 Å². The molecule has 2 rings (SSSR count). The van der Waals surface area contributed by atoms with Gasteiger partial charge in [-0.3, -0.25) is 20.1 Å². The van der Waals surface area contributed by atoms with E-state index in [1.807, 2.05) is 6.19 Å². The van der Waals surface area contributed by atoms with Crippen molar-refractivity contribution in [2.24, 2.45) is 15.9 Å². The second kappa shape index (κ2) is 13.7. The van der Waals surface area contributed by atoms with Crippen molar-refractivity contribution in [3.05, 3.63) is 46.1 Å². The number of rotatable bonds is 9. The van der Waals surface area contributed by atoms with Crippen LogP contribution < -0.4 is 5.32 Å². The molecule has 2 unspecified atom stereocenters. The molecule has 0 bridgehead atoms. The number of carbonyl (C=O) groups is 2. The highest BCUT2D eigenvalue weighted by Crippen LogP contribution is 2.42. The molecule has 182 valence electrons. The van der Waals surface area contributed by atoms with Crippen molar-refractivity contribution >= 4 is 46.2 Å². The summed E-state index contributed by atoms with van der Waals surface area (Å²) in [4.78, 5) is 34.6. The number of ether oxygens (including phenoxy) is 3. The molecule has 11 heteroatoms. The summed E-state index contributed by atoms with van der Waals surface area (Å²) in [5.41, 5.74) is 1.62. The Kier molecular flexibility index (Phi) is 11.1. The Labute approximate surface area is 208 Å². The van der Waals surface area contributed by atoms with Crippen molar-refractivity contribution in [3.63, 3.8) is 0 Å². The number of benzene rings is 1. The van der Waals surface area contributed by atoms with E-state index in [1.165, 1.54) is 18.9 Å². The van der Waals surface area contributed by atoms with Crippen molar-refractivity contribution in [1.29, 1.82) is 5.26 Å². The van der Waals surface area contributed by atoms with Gasteiger partial charge in [-0.2, -0.15) is 5.26 Å². The van der Waals surface area contributed by atoms with Crippen LogP contribution in [0.3, 0.4) is 0 Å². The van der Waals surface area contributed by atoms with Crippen molar-refractivity contribution in [2.45, 2.75) is 19.8 Å². The van der Waals surface area contributed by atoms with Crippen LogP contribution in [0.15, 0.2) is 45.5 Å². The van der Waals surface area contributed by atoms with Crippen molar-refractivity contribution < 1.29 is 23.8 Å². The third kappa shape index (κ3) is 6.82. The zero-order valence-corrected chi connectivity index (χ0v) is 21.0. The van der Waals surface area contributed by atoms with Gasteiger partial charge in [0.1, 0.15) is 5.92 Å². The van der Waals surface area contributed by atoms with Crippen LogP contribution in [0.25, 0.3) is 0 Å². The Hall–Kier alpha value is -2.87. The fraction of sp³-hybridized carbons (Fsp3) is 0.435. The van der Waals surface area contributed by atoms with Crippen LogP contribution >= 0.6 is 23.4 Å². The third-order valence-electron chi connectivity index (χ3n) is 4.99. The number of nitriles is 1. The second-order valence-electron chi connectivity index (χ2n) is 7.01. The molecule has 0 spiro atoms. The van der Waals surface area contributed by atoms with Gasteiger partial charge in [0.15, 0.2) is 11.4 Å². The molecular formula is C23H27ClN4O5S. The number of carbonyl (C=O) groups excluding carboxylic acids is 2. The summed E-state index contributed by atoms with van der Waals surface area (Å²) in [6, 6.07) is 7.01. The molecule has 1 heterocycles. The lowest BCUT2D eigenvalue weighted by Gasteiger charge is -2.32. The molecule has 0 aromatic heterocycles. The molecule has 1 aliphatic heterocycles. The van der Waals surface area contributed by atoms with Gasteiger partial charge < -0.3 is 14.2 Å². The Morgan fingerprint density at radius 1 is 1.35 bits per heavy atom. The van der Waals surface area contributed by atoms with E-state index in [0.29, 0.717) is 33.7 Å². The first kappa shape index (κ1) is 27.4. The van der Waals surface area contributed by atoms with Crippen molar-refractivity contribution in [1.82, 2.24) is 5.32 Å². The van der Waals surface area contributed by atoms with E-state index >= 15 is 0 Å². The highest BCUT2D eigenvalue weighted by molar-refractivity contribution is 8.13. The number of amidine groups is 1. The Balaban J connectivity index is 2.44. The highest BCUT2D eigenvalue weighted by atomic mass is 35.5. The van der Waals surface area contributed by atoms with Gasteiger partial charge in [-0.05, 0) is 31.7 Å². The SMILES string of the molecule is CCOC(=O)C1=C(COCCN=C(NC#N)SC)N=C(C)C(C(=O)OC)C1c1ccccc1Cl. The van der Waals surface area contributed by atoms with E-state index in [0.717, 1.165) is 0 Å². The number of hydrogen-bond acceptors (Lipinski definition) is 9. The van der Waals surface area contributed by atoms with E-state index < -0.39 is 23.8 Å². The molecule has 0 saturated heterocycles. The molecule has 1 aliphatic rings. The zero-order valence-electron chi connectivity index (χ0n) is 19.5. The minimum atomic E-state index is -0.848. The number of halogens is 1. The maximum absolute atomic E-state index is 13.1. The number of esters is 2. The number of thioether (sulfide) groups is 1. The number of nitrogens with one attached hydrogen (secondary N) is 1. The molecule has 1 N–H and O–H groups in total. The first-order chi connectivity index (χ1) is 16.4. The molecule has 1 aromatic carbocycles. The van der Waals surface area contributed by atoms with Gasteiger partial charge in [-0.25, -0.2) is 4.79 Å². The summed E-state index contributed by atoms with van der Waals surface area (Å²) in [6.45, 7) is 4.07. The number of hydrogen-bond donors (Lipinski definition) is 1. The molecule has 0 radical (unpaired) electrons. The predicted octanol–water partition coefficient (Wildman–Crippen LogP) is 3.31. The fourth-order valence-corrected chi connectivity index (χ4v) is 4.19. The average molecular weight is 507 g/mol. The predicted molar refractivity (Wildman–Crippen MR) is 132 cm³/mol. The molecule has 2 atom stereocenters. The Bertz CT molecular complexity index is 1030. The normalized spacial score (nSPS) is 18.1. The van der Waals surface area contributed by atoms with Crippen molar-refractivity contribution in [2.75, 3.05) is 39.7 Å². The molecule has 34 heavy (non-hydrogen) atoms. The molecule has 0 aliphatic carbocycles. The Morgan fingerprint density at radius 3 is 2.71 bits per heavy atom. The lowest BCUT2D eigenvalue weighted by Crippen LogP contribution is -2.37. The van der Waals surface area contributed by atoms with Crippen molar-refractivity contribution in [3.8, 4) is 6.19 Å². The van der Waals surface area contributed by atoms with Crippen LogP contribution in [-0.2, 0) is 23.8 Å². The van der Waals surface area contributed by atoms with E-state index in [1.54, 1.807) is 44.4 Å². The fourth-order valence-electron chi connectivity index (χ4n) is 3.57. The molecular weight excluding hydrogens is 480 g/mol. The summed E-state index contributed by atoms with van der Waals surface area (Å²) < 4.78 is 16.1. The summed E-state index contributed by atoms with van der Waals surface area (Å²) in [5, 5.41) is 12.1. The van der Waals surface area contributed by atoms with Gasteiger partial charge in [-0.15, -0.1) is 0 Å². The minimum Gasteiger partial charge on any atom is -0.468 e. The maximum Gasteiger partial charge on any atom is 0.336 e. The summed E-state index contributed by atoms with van der Waals surface area (Å²) in [7, 11) is 1.29. The largest absolute Gasteiger partial charge is 0.468 e. The van der Waals surface area contributed by atoms with E-state index in [9.17, 15) is 9.59 Å². The molecule has 0 amide bonds. The van der Waals surface area contributed by atoms with Gasteiger partial charge in [0.05, 0.1) is 44.7 Å². The summed E-state index contributed by atoms with van der Waals surface area (Å²) >= 11 is 7.79. The van der Waals surface area contributed by atoms with E-state index in [2.05, 4.69) is 15.3 Å². The number of methoxy groups -OCH3 is 1. The molecule has 1 aromatic rings. The van der Waals surface area contributed by atoms with Crippen LogP contribution in [-0.4, -0.2) is 62.5 Å². The van der Waals surface area contributed by atoms with Crippen LogP contribution in [0.4, 0.5) is 0 Å². The maximum atomic E-state index is 13.1. The average Bonchev–Trinajstić information content (AvgIpc) is 2.82. The second-order valence-corrected chi connectivity index (χ2v) is 8.22. The topological polar surface area (TPSA) is 122 Å². The third-order valence-corrected chi connectivity index (χ3v) is 5.96. The van der Waals surface area contributed by atoms with Crippen LogP contribution in [0.2, 0.25) is 5.02 Å². The lowest BCUT2D eigenvalue weighted by molar-refractivity contribution is -0.144. The monoisotopic (exact) mass is 506 g/mol. The quantitative estimate of drug-likeness (QED) is 0.135. The molecule has 0 fully saturated rings. The van der Waals surface area contributed by atoms with Gasteiger partial charge >= 0.3 is 11.9 Å². The summed E-state index contributed by atoms with van der Waals surface area (Å²) in [6.07, 6.45) is 3.62. The first-order valence-electron chi connectivity index (χ1n) is 10.5. The van der Waals surface area contributed by atoms with E-state index in [-0.39, 0.29) is 25.4 Å². The Morgan fingerprint density at radius 2 is 2.09 bits per heavy atom. The number of aliphatic imine (C=N–C) groups is 2. The van der Waals surface area contributed by atoms with Crippen LogP contribution in [0, 0.1) is 17.4 Å². The van der Waals surface area contributed by atoms with Gasteiger partial charge in [0, 0.05) is 16.7 Å². The van der Waals surface area contributed by atoms with Crippen LogP contribution in [0.1, 0.15) is 25.3 Å². The lowest BCUT2D eigenvalue weighted by atomic mass is 9.75. The molecule has 9 nitrogen and oxygen atoms in total. The molecule has 0 saturated carbocycles. The first-order valence-corrected chi connectivity index (χ1v) is 12.1. The van der Waals surface area contributed by atoms with E-state index in [4.69, 9.17) is 31.1 Å². The standard InChI is InChI=1S/C23H27ClN4O5S/c1-5-33-22(30)20-17(12-32-11-10-26-23(34-4)27-13-25)28-14(2)18(21(29)31-3)19(20)15-8-6-7-9-16(15)24/h6-9,18-19H,5,10-12H2,1-4H3,(H,26,27). The smallest absolute Gasteiger partial charge is 0.336 e. The van der Waals surface area contributed by atoms with Gasteiger partial charge in [0.25, 0.3) is 0 Å². The van der Waals surface area contributed by atoms with Gasteiger partial charge in [-0.1, -0.05) is 41.6 Å². The highest BCUT2D eigenvalue weighted by Gasteiger charge is 2.43.